The van der Waals surface area contributed by atoms with Gasteiger partial charge in [-0.3, -0.25) is 0 Å². The van der Waals surface area contributed by atoms with E-state index in [1.54, 1.807) is 12.1 Å². The number of halogens is 5. The van der Waals surface area contributed by atoms with Gasteiger partial charge in [-0.2, -0.15) is 13.2 Å². The number of thiazole rings is 1. The van der Waals surface area contributed by atoms with Gasteiger partial charge in [-0.05, 0) is 23.8 Å². The Bertz CT molecular complexity index is 578. The molecule has 0 spiro atoms. The van der Waals surface area contributed by atoms with Crippen LogP contribution in [0.3, 0.4) is 0 Å². The summed E-state index contributed by atoms with van der Waals surface area (Å²) in [4.78, 5) is 3.62. The van der Waals surface area contributed by atoms with Crippen molar-refractivity contribution in [3.8, 4) is 0 Å². The van der Waals surface area contributed by atoms with Crippen molar-refractivity contribution in [2.24, 2.45) is 5.73 Å². The van der Waals surface area contributed by atoms with E-state index in [0.717, 1.165) is 6.20 Å². The minimum absolute atomic E-state index is 0.297. The Morgan fingerprint density at radius 3 is 2.21 bits per heavy atom. The number of hydrogen-bond donors (Lipinski definition) is 1. The van der Waals surface area contributed by atoms with Crippen LogP contribution in [0.5, 0.6) is 0 Å². The molecule has 2 aromatic rings. The second-order valence-electron chi connectivity index (χ2n) is 3.75. The standard InChI is InChI=1S/C11H7Cl2F3N2S/c12-6-1-5(2-7(13)3-6)9(17)8-4-18-10(19-8)11(14,15)16/h1-4,9H,17H2. The van der Waals surface area contributed by atoms with Crippen LogP contribution in [0.4, 0.5) is 13.2 Å². The second-order valence-corrected chi connectivity index (χ2v) is 5.68. The lowest BCUT2D eigenvalue weighted by atomic mass is 10.1. The maximum absolute atomic E-state index is 12.5. The molecule has 0 amide bonds. The van der Waals surface area contributed by atoms with E-state index >= 15 is 0 Å². The highest BCUT2D eigenvalue weighted by molar-refractivity contribution is 7.11. The quantitative estimate of drug-likeness (QED) is 0.881. The van der Waals surface area contributed by atoms with Gasteiger partial charge in [0, 0.05) is 21.1 Å². The fraction of sp³-hybridized carbons (Fsp3) is 0.182. The number of benzene rings is 1. The minimum Gasteiger partial charge on any atom is -0.320 e. The zero-order valence-corrected chi connectivity index (χ0v) is 11.5. The van der Waals surface area contributed by atoms with E-state index in [1.807, 2.05) is 0 Å². The first kappa shape index (κ1) is 14.6. The third kappa shape index (κ3) is 3.39. The van der Waals surface area contributed by atoms with E-state index in [-0.39, 0.29) is 0 Å². The van der Waals surface area contributed by atoms with Gasteiger partial charge >= 0.3 is 6.18 Å². The molecule has 19 heavy (non-hydrogen) atoms. The summed E-state index contributed by atoms with van der Waals surface area (Å²) < 4.78 is 37.4. The molecule has 0 bridgehead atoms. The van der Waals surface area contributed by atoms with Crippen molar-refractivity contribution in [3.63, 3.8) is 0 Å². The summed E-state index contributed by atoms with van der Waals surface area (Å²) in [5, 5.41) is -0.178. The van der Waals surface area contributed by atoms with Crippen molar-refractivity contribution in [2.45, 2.75) is 12.2 Å². The molecular formula is C11H7Cl2F3N2S. The second kappa shape index (κ2) is 5.28. The zero-order valence-electron chi connectivity index (χ0n) is 9.21. The first-order valence-corrected chi connectivity index (χ1v) is 6.59. The van der Waals surface area contributed by atoms with E-state index in [9.17, 15) is 13.2 Å². The van der Waals surface area contributed by atoms with Gasteiger partial charge in [0.2, 0.25) is 0 Å². The highest BCUT2D eigenvalue weighted by Gasteiger charge is 2.35. The van der Waals surface area contributed by atoms with Gasteiger partial charge in [0.25, 0.3) is 0 Å². The Morgan fingerprint density at radius 1 is 1.16 bits per heavy atom. The lowest BCUT2D eigenvalue weighted by Crippen LogP contribution is -2.10. The molecule has 8 heteroatoms. The first-order chi connectivity index (χ1) is 8.77. The van der Waals surface area contributed by atoms with E-state index in [4.69, 9.17) is 28.9 Å². The summed E-state index contributed by atoms with van der Waals surface area (Å²) in [6, 6.07) is 3.90. The molecule has 102 valence electrons. The number of aromatic nitrogens is 1. The Kier molecular flexibility index (Phi) is 4.06. The smallest absolute Gasteiger partial charge is 0.320 e. The van der Waals surface area contributed by atoms with Crippen molar-refractivity contribution in [1.82, 2.24) is 4.98 Å². The predicted molar refractivity (Wildman–Crippen MR) is 69.6 cm³/mol. The van der Waals surface area contributed by atoms with Crippen molar-refractivity contribution >= 4 is 34.5 Å². The van der Waals surface area contributed by atoms with Gasteiger partial charge in [-0.15, -0.1) is 11.3 Å². The third-order valence-corrected chi connectivity index (χ3v) is 3.88. The summed E-state index contributed by atoms with van der Waals surface area (Å²) in [5.74, 6) is 0. The van der Waals surface area contributed by atoms with Crippen LogP contribution in [-0.2, 0) is 6.18 Å². The predicted octanol–water partition coefficient (Wildman–Crippen LogP) is 4.52. The van der Waals surface area contributed by atoms with Crippen LogP contribution >= 0.6 is 34.5 Å². The van der Waals surface area contributed by atoms with Gasteiger partial charge in [-0.25, -0.2) is 4.98 Å². The number of alkyl halides is 3. The Balaban J connectivity index is 2.33. The Hall–Kier alpha value is -0.820. The highest BCUT2D eigenvalue weighted by Crippen LogP contribution is 2.36. The lowest BCUT2D eigenvalue weighted by molar-refractivity contribution is -0.137. The van der Waals surface area contributed by atoms with Gasteiger partial charge in [0.05, 0.1) is 6.04 Å². The lowest BCUT2D eigenvalue weighted by Gasteiger charge is -2.10. The maximum atomic E-state index is 12.5. The summed E-state index contributed by atoms with van der Waals surface area (Å²) in [7, 11) is 0. The number of hydrogen-bond acceptors (Lipinski definition) is 3. The molecule has 2 rings (SSSR count). The molecule has 0 saturated heterocycles. The summed E-state index contributed by atoms with van der Waals surface area (Å²) in [6.45, 7) is 0. The SMILES string of the molecule is NC(c1cc(Cl)cc(Cl)c1)c1cnc(C(F)(F)F)s1. The normalized spacial score (nSPS) is 13.6. The number of nitrogens with zero attached hydrogens (tertiary/aromatic N) is 1. The average Bonchev–Trinajstić information content (AvgIpc) is 2.75. The molecule has 1 aromatic carbocycles. The van der Waals surface area contributed by atoms with E-state index in [2.05, 4.69) is 4.98 Å². The van der Waals surface area contributed by atoms with Crippen molar-refractivity contribution < 1.29 is 13.2 Å². The summed E-state index contributed by atoms with van der Waals surface area (Å²) in [6.07, 6.45) is -3.35. The fourth-order valence-corrected chi connectivity index (χ4v) is 2.84. The molecule has 1 heterocycles. The van der Waals surface area contributed by atoms with Crippen LogP contribution in [0.25, 0.3) is 0 Å². The molecule has 1 unspecified atom stereocenters. The average molecular weight is 327 g/mol. The molecule has 0 aliphatic rings. The molecule has 2 nitrogen and oxygen atoms in total. The zero-order chi connectivity index (χ0) is 14.2. The Morgan fingerprint density at radius 2 is 1.74 bits per heavy atom. The summed E-state index contributed by atoms with van der Waals surface area (Å²) >= 11 is 12.2. The molecule has 1 aromatic heterocycles. The van der Waals surface area contributed by atoms with Gasteiger partial charge in [0.15, 0.2) is 5.01 Å². The number of rotatable bonds is 2. The van der Waals surface area contributed by atoms with Crippen molar-refractivity contribution in [2.75, 3.05) is 0 Å². The molecule has 0 saturated carbocycles. The van der Waals surface area contributed by atoms with E-state index in [1.165, 1.54) is 6.07 Å². The van der Waals surface area contributed by atoms with Crippen LogP contribution in [0.2, 0.25) is 10.0 Å². The molecule has 1 atom stereocenters. The topological polar surface area (TPSA) is 38.9 Å². The van der Waals surface area contributed by atoms with E-state index in [0.29, 0.717) is 31.8 Å². The van der Waals surface area contributed by atoms with Crippen LogP contribution < -0.4 is 5.73 Å². The molecule has 0 radical (unpaired) electrons. The Labute approximate surface area is 121 Å². The maximum Gasteiger partial charge on any atom is 0.443 e. The molecule has 0 fully saturated rings. The van der Waals surface area contributed by atoms with Crippen molar-refractivity contribution in [3.05, 3.63) is 49.9 Å². The van der Waals surface area contributed by atoms with Crippen molar-refractivity contribution in [1.29, 1.82) is 0 Å². The minimum atomic E-state index is -4.46. The number of nitrogens with two attached hydrogens (primary N) is 1. The molecule has 2 N–H and O–H groups in total. The molecule has 0 aliphatic heterocycles. The molecular weight excluding hydrogens is 320 g/mol. The van der Waals surface area contributed by atoms with Crippen LogP contribution in [0, 0.1) is 0 Å². The van der Waals surface area contributed by atoms with Crippen LogP contribution in [-0.4, -0.2) is 4.98 Å². The largest absolute Gasteiger partial charge is 0.443 e. The highest BCUT2D eigenvalue weighted by atomic mass is 35.5. The third-order valence-electron chi connectivity index (χ3n) is 2.32. The van der Waals surface area contributed by atoms with Gasteiger partial charge in [-0.1, -0.05) is 23.2 Å². The van der Waals surface area contributed by atoms with E-state index < -0.39 is 17.2 Å². The van der Waals surface area contributed by atoms with Gasteiger partial charge < -0.3 is 5.73 Å². The molecule has 0 aliphatic carbocycles. The summed E-state index contributed by atoms with van der Waals surface area (Å²) in [5.41, 5.74) is 6.43. The monoisotopic (exact) mass is 326 g/mol. The van der Waals surface area contributed by atoms with Crippen LogP contribution in [0.1, 0.15) is 21.5 Å². The fourth-order valence-electron chi connectivity index (χ4n) is 1.48. The first-order valence-electron chi connectivity index (χ1n) is 5.02. The van der Waals surface area contributed by atoms with Crippen LogP contribution in [0.15, 0.2) is 24.4 Å². The van der Waals surface area contributed by atoms with Gasteiger partial charge in [0.1, 0.15) is 0 Å².